The summed E-state index contributed by atoms with van der Waals surface area (Å²) < 4.78 is 38.2. The monoisotopic (exact) mass is 485 g/mol. The van der Waals surface area contributed by atoms with Crippen molar-refractivity contribution in [1.29, 1.82) is 0 Å². The SMILES string of the molecule is OCc1cc(Cl)c(Nc2nc3c(Nc4ccc(C(F)(F)F)cc4)ncnc3s2)c(Cl)c1. The lowest BCUT2D eigenvalue weighted by atomic mass is 10.2. The summed E-state index contributed by atoms with van der Waals surface area (Å²) >= 11 is 13.7. The van der Waals surface area contributed by atoms with Gasteiger partial charge in [0, 0.05) is 5.69 Å². The number of fused-ring (bicyclic) bond motifs is 1. The second-order valence-corrected chi connectivity index (χ2v) is 8.10. The van der Waals surface area contributed by atoms with Crippen molar-refractivity contribution in [3.05, 3.63) is 63.9 Å². The molecule has 0 unspecified atom stereocenters. The smallest absolute Gasteiger partial charge is 0.392 e. The van der Waals surface area contributed by atoms with Crippen molar-refractivity contribution in [1.82, 2.24) is 15.0 Å². The predicted molar refractivity (Wildman–Crippen MR) is 116 cm³/mol. The quantitative estimate of drug-likeness (QED) is 0.303. The van der Waals surface area contributed by atoms with Crippen molar-refractivity contribution in [2.45, 2.75) is 12.8 Å². The normalized spacial score (nSPS) is 11.7. The van der Waals surface area contributed by atoms with Gasteiger partial charge in [-0.05, 0) is 42.0 Å². The summed E-state index contributed by atoms with van der Waals surface area (Å²) in [6.07, 6.45) is -3.08. The van der Waals surface area contributed by atoms with Crippen LogP contribution in [0.3, 0.4) is 0 Å². The highest BCUT2D eigenvalue weighted by Crippen LogP contribution is 2.37. The van der Waals surface area contributed by atoms with E-state index < -0.39 is 11.7 Å². The number of anilines is 4. The highest BCUT2D eigenvalue weighted by atomic mass is 35.5. The molecule has 4 aromatic rings. The van der Waals surface area contributed by atoms with Crippen LogP contribution < -0.4 is 10.6 Å². The number of benzene rings is 2. The van der Waals surface area contributed by atoms with Crippen molar-refractivity contribution < 1.29 is 18.3 Å². The zero-order valence-electron chi connectivity index (χ0n) is 15.3. The number of rotatable bonds is 5. The molecule has 0 aliphatic heterocycles. The largest absolute Gasteiger partial charge is 0.416 e. The molecule has 0 aliphatic rings. The zero-order chi connectivity index (χ0) is 22.2. The number of thiazole rings is 1. The fraction of sp³-hybridized carbons (Fsp3) is 0.105. The number of hydrogen-bond donors (Lipinski definition) is 3. The average Bonchev–Trinajstić information content (AvgIpc) is 3.14. The molecule has 3 N–H and O–H groups in total. The van der Waals surface area contributed by atoms with E-state index >= 15 is 0 Å². The van der Waals surface area contributed by atoms with Gasteiger partial charge >= 0.3 is 6.18 Å². The van der Waals surface area contributed by atoms with Crippen molar-refractivity contribution in [3.8, 4) is 0 Å². The molecule has 0 bridgehead atoms. The zero-order valence-corrected chi connectivity index (χ0v) is 17.7. The van der Waals surface area contributed by atoms with Crippen molar-refractivity contribution in [2.24, 2.45) is 0 Å². The summed E-state index contributed by atoms with van der Waals surface area (Å²) in [5.74, 6) is 0.335. The van der Waals surface area contributed by atoms with Gasteiger partial charge in [0.2, 0.25) is 0 Å². The molecule has 2 aromatic heterocycles. The minimum Gasteiger partial charge on any atom is -0.392 e. The predicted octanol–water partition coefficient (Wildman–Crippen LogP) is 6.39. The molecular weight excluding hydrogens is 474 g/mol. The standard InChI is InChI=1S/C19H12Cl2F3N5OS/c20-12-5-9(7-30)6-13(21)14(12)28-18-29-15-16(25-8-26-17(15)31-18)27-11-3-1-10(2-4-11)19(22,23)24/h1-6,8,30H,7H2,(H,28,29)(H,25,26,27). The van der Waals surface area contributed by atoms with E-state index in [1.54, 1.807) is 12.1 Å². The van der Waals surface area contributed by atoms with E-state index in [9.17, 15) is 18.3 Å². The maximum Gasteiger partial charge on any atom is 0.416 e. The van der Waals surface area contributed by atoms with E-state index in [0.29, 0.717) is 48.3 Å². The van der Waals surface area contributed by atoms with Crippen LogP contribution >= 0.6 is 34.5 Å². The van der Waals surface area contributed by atoms with Crippen LogP contribution in [-0.2, 0) is 12.8 Å². The molecule has 0 atom stereocenters. The molecule has 0 amide bonds. The van der Waals surface area contributed by atoms with E-state index in [-0.39, 0.29) is 6.61 Å². The van der Waals surface area contributed by atoms with E-state index in [0.717, 1.165) is 12.1 Å². The first-order chi connectivity index (χ1) is 14.7. The second kappa shape index (κ2) is 8.46. The maximum absolute atomic E-state index is 12.7. The van der Waals surface area contributed by atoms with Crippen LogP contribution in [-0.4, -0.2) is 20.1 Å². The van der Waals surface area contributed by atoms with Gasteiger partial charge < -0.3 is 15.7 Å². The molecule has 31 heavy (non-hydrogen) atoms. The second-order valence-electron chi connectivity index (χ2n) is 6.31. The van der Waals surface area contributed by atoms with E-state index in [2.05, 4.69) is 25.6 Å². The average molecular weight is 486 g/mol. The summed E-state index contributed by atoms with van der Waals surface area (Å²) in [4.78, 5) is 13.3. The molecule has 2 aromatic carbocycles. The maximum atomic E-state index is 12.7. The van der Waals surface area contributed by atoms with Crippen LogP contribution in [0, 0.1) is 0 Å². The Morgan fingerprint density at radius 3 is 2.29 bits per heavy atom. The van der Waals surface area contributed by atoms with Crippen LogP contribution in [0.2, 0.25) is 10.0 Å². The van der Waals surface area contributed by atoms with Gasteiger partial charge in [-0.15, -0.1) is 0 Å². The number of aliphatic hydroxyl groups excluding tert-OH is 1. The first-order valence-corrected chi connectivity index (χ1v) is 10.2. The van der Waals surface area contributed by atoms with Crippen molar-refractivity contribution >= 4 is 67.2 Å². The molecule has 0 fully saturated rings. The molecule has 0 radical (unpaired) electrons. The van der Waals surface area contributed by atoms with Crippen LogP contribution in [0.25, 0.3) is 10.3 Å². The van der Waals surface area contributed by atoms with Gasteiger partial charge in [-0.1, -0.05) is 34.5 Å². The molecule has 0 spiro atoms. The Bertz CT molecular complexity index is 1220. The Morgan fingerprint density at radius 2 is 1.68 bits per heavy atom. The number of nitrogens with one attached hydrogen (secondary N) is 2. The third-order valence-electron chi connectivity index (χ3n) is 4.19. The summed E-state index contributed by atoms with van der Waals surface area (Å²) in [6.45, 7) is -0.199. The lowest BCUT2D eigenvalue weighted by molar-refractivity contribution is -0.137. The topological polar surface area (TPSA) is 83.0 Å². The van der Waals surface area contributed by atoms with Gasteiger partial charge in [0.15, 0.2) is 15.8 Å². The van der Waals surface area contributed by atoms with Gasteiger partial charge in [-0.3, -0.25) is 0 Å². The van der Waals surface area contributed by atoms with Gasteiger partial charge in [0.25, 0.3) is 0 Å². The molecule has 6 nitrogen and oxygen atoms in total. The van der Waals surface area contributed by atoms with Gasteiger partial charge in [-0.25, -0.2) is 15.0 Å². The third-order valence-corrected chi connectivity index (χ3v) is 5.66. The summed E-state index contributed by atoms with van der Waals surface area (Å²) in [5.41, 5.74) is 1.09. The van der Waals surface area contributed by atoms with Gasteiger partial charge in [0.1, 0.15) is 11.8 Å². The Kier molecular flexibility index (Phi) is 5.89. The molecule has 2 heterocycles. The molecule has 0 saturated carbocycles. The molecule has 0 aliphatic carbocycles. The first kappa shape index (κ1) is 21.6. The van der Waals surface area contributed by atoms with Crippen LogP contribution in [0.1, 0.15) is 11.1 Å². The fourth-order valence-corrected chi connectivity index (χ4v) is 4.16. The minimum absolute atomic E-state index is 0.199. The van der Waals surface area contributed by atoms with E-state index in [4.69, 9.17) is 23.2 Å². The Labute approximate surface area is 187 Å². The molecular formula is C19H12Cl2F3N5OS. The molecule has 0 saturated heterocycles. The summed E-state index contributed by atoms with van der Waals surface area (Å²) in [7, 11) is 0. The Hall–Kier alpha value is -2.66. The summed E-state index contributed by atoms with van der Waals surface area (Å²) in [5, 5.41) is 16.3. The number of halogens is 5. The number of alkyl halides is 3. The van der Waals surface area contributed by atoms with Crippen molar-refractivity contribution in [3.63, 3.8) is 0 Å². The lowest BCUT2D eigenvalue weighted by Crippen LogP contribution is -2.04. The molecule has 4 rings (SSSR count). The van der Waals surface area contributed by atoms with Crippen LogP contribution in [0.15, 0.2) is 42.7 Å². The number of aliphatic hydroxyl groups is 1. The van der Waals surface area contributed by atoms with E-state index in [1.807, 2.05) is 0 Å². The van der Waals surface area contributed by atoms with Crippen LogP contribution in [0.5, 0.6) is 0 Å². The summed E-state index contributed by atoms with van der Waals surface area (Å²) in [6, 6.07) is 7.75. The minimum atomic E-state index is -4.41. The number of nitrogens with zero attached hydrogens (tertiary/aromatic N) is 3. The molecule has 12 heteroatoms. The number of aromatic nitrogens is 3. The third kappa shape index (κ3) is 4.67. The van der Waals surface area contributed by atoms with Crippen molar-refractivity contribution in [2.75, 3.05) is 10.6 Å². The van der Waals surface area contributed by atoms with Gasteiger partial charge in [-0.2, -0.15) is 13.2 Å². The fourth-order valence-electron chi connectivity index (χ4n) is 2.72. The highest BCUT2D eigenvalue weighted by molar-refractivity contribution is 7.21. The number of hydrogen-bond acceptors (Lipinski definition) is 7. The lowest BCUT2D eigenvalue weighted by Gasteiger charge is -2.09. The van der Waals surface area contributed by atoms with E-state index in [1.165, 1.54) is 29.8 Å². The molecule has 160 valence electrons. The first-order valence-electron chi connectivity index (χ1n) is 8.66. The highest BCUT2D eigenvalue weighted by Gasteiger charge is 2.30. The van der Waals surface area contributed by atoms with Crippen LogP contribution in [0.4, 0.5) is 35.5 Å². The Balaban J connectivity index is 1.62. The van der Waals surface area contributed by atoms with Gasteiger partial charge in [0.05, 0.1) is 27.9 Å². The Morgan fingerprint density at radius 1 is 1.00 bits per heavy atom.